The molecule has 1 aliphatic rings. The zero-order chi connectivity index (χ0) is 9.57. The minimum absolute atomic E-state index is 0.332. The molecule has 1 atom stereocenters. The maximum absolute atomic E-state index is 11.8. The molecular formula is C9H18FNO2. The number of halogens is 1. The standard InChI is InChI=1S/C9H18FNO2/c10-4-2-6-13-9(7-11)3-1-5-12-8-9/h1-8,11H2. The molecule has 0 aromatic rings. The summed E-state index contributed by atoms with van der Waals surface area (Å²) >= 11 is 0. The summed E-state index contributed by atoms with van der Waals surface area (Å²) in [5, 5.41) is 0. The first-order valence-corrected chi connectivity index (χ1v) is 4.81. The summed E-state index contributed by atoms with van der Waals surface area (Å²) in [6, 6.07) is 0. The molecule has 0 spiro atoms. The molecule has 2 N–H and O–H groups in total. The van der Waals surface area contributed by atoms with Crippen molar-refractivity contribution < 1.29 is 13.9 Å². The second kappa shape index (κ2) is 5.52. The summed E-state index contributed by atoms with van der Waals surface area (Å²) in [6.45, 7) is 1.90. The first-order valence-electron chi connectivity index (χ1n) is 4.81. The molecule has 3 nitrogen and oxygen atoms in total. The van der Waals surface area contributed by atoms with Crippen LogP contribution in [0, 0.1) is 0 Å². The molecule has 78 valence electrons. The van der Waals surface area contributed by atoms with E-state index in [0.29, 0.717) is 26.2 Å². The van der Waals surface area contributed by atoms with Gasteiger partial charge in [0.05, 0.1) is 13.3 Å². The van der Waals surface area contributed by atoms with Gasteiger partial charge in [0.15, 0.2) is 0 Å². The number of hydrogen-bond acceptors (Lipinski definition) is 3. The molecule has 1 heterocycles. The Morgan fingerprint density at radius 3 is 2.92 bits per heavy atom. The monoisotopic (exact) mass is 191 g/mol. The third kappa shape index (κ3) is 3.21. The van der Waals surface area contributed by atoms with E-state index in [2.05, 4.69) is 0 Å². The zero-order valence-corrected chi connectivity index (χ0v) is 7.93. The molecule has 0 bridgehead atoms. The van der Waals surface area contributed by atoms with Gasteiger partial charge in [-0.3, -0.25) is 4.39 Å². The van der Waals surface area contributed by atoms with E-state index in [-0.39, 0.29) is 12.3 Å². The predicted octanol–water partition coefficient (Wildman–Crippen LogP) is 0.870. The van der Waals surface area contributed by atoms with Crippen molar-refractivity contribution in [2.45, 2.75) is 24.9 Å². The summed E-state index contributed by atoms with van der Waals surface area (Å²) in [5.41, 5.74) is 5.28. The summed E-state index contributed by atoms with van der Waals surface area (Å²) in [7, 11) is 0. The van der Waals surface area contributed by atoms with Gasteiger partial charge in [-0.15, -0.1) is 0 Å². The van der Waals surface area contributed by atoms with Crippen LogP contribution in [0.25, 0.3) is 0 Å². The van der Waals surface area contributed by atoms with Gasteiger partial charge in [0.1, 0.15) is 5.60 Å². The average Bonchev–Trinajstić information content (AvgIpc) is 2.20. The van der Waals surface area contributed by atoms with Gasteiger partial charge in [-0.2, -0.15) is 0 Å². The van der Waals surface area contributed by atoms with E-state index < -0.39 is 0 Å². The molecule has 13 heavy (non-hydrogen) atoms. The van der Waals surface area contributed by atoms with Gasteiger partial charge in [-0.25, -0.2) is 0 Å². The molecule has 1 fully saturated rings. The van der Waals surface area contributed by atoms with Gasteiger partial charge in [0.25, 0.3) is 0 Å². The number of nitrogens with two attached hydrogens (primary N) is 1. The number of ether oxygens (including phenoxy) is 2. The van der Waals surface area contributed by atoms with Crippen LogP contribution in [0.5, 0.6) is 0 Å². The second-order valence-corrected chi connectivity index (χ2v) is 3.43. The van der Waals surface area contributed by atoms with Crippen molar-refractivity contribution in [2.75, 3.05) is 33.0 Å². The van der Waals surface area contributed by atoms with Crippen LogP contribution in [0.2, 0.25) is 0 Å². The molecule has 0 aromatic carbocycles. The molecule has 0 radical (unpaired) electrons. The average molecular weight is 191 g/mol. The van der Waals surface area contributed by atoms with Crippen molar-refractivity contribution in [3.63, 3.8) is 0 Å². The Labute approximate surface area is 78.4 Å². The van der Waals surface area contributed by atoms with Gasteiger partial charge in [0.2, 0.25) is 0 Å². The van der Waals surface area contributed by atoms with Crippen LogP contribution >= 0.6 is 0 Å². The quantitative estimate of drug-likeness (QED) is 0.656. The minimum Gasteiger partial charge on any atom is -0.378 e. The summed E-state index contributed by atoms with van der Waals surface area (Å²) in [6.07, 6.45) is 2.35. The van der Waals surface area contributed by atoms with Crippen LogP contribution in [0.4, 0.5) is 4.39 Å². The van der Waals surface area contributed by atoms with Crippen molar-refractivity contribution in [3.8, 4) is 0 Å². The molecule has 1 saturated heterocycles. The van der Waals surface area contributed by atoms with E-state index >= 15 is 0 Å². The van der Waals surface area contributed by atoms with Crippen LogP contribution in [0.15, 0.2) is 0 Å². The maximum Gasteiger partial charge on any atom is 0.104 e. The van der Waals surface area contributed by atoms with Crippen LogP contribution in [-0.4, -0.2) is 38.6 Å². The third-order valence-corrected chi connectivity index (χ3v) is 2.34. The van der Waals surface area contributed by atoms with E-state index in [9.17, 15) is 4.39 Å². The molecule has 0 aliphatic carbocycles. The Balaban J connectivity index is 2.29. The van der Waals surface area contributed by atoms with Gasteiger partial charge >= 0.3 is 0 Å². The van der Waals surface area contributed by atoms with Crippen LogP contribution in [0.3, 0.4) is 0 Å². The van der Waals surface area contributed by atoms with Crippen LogP contribution in [0.1, 0.15) is 19.3 Å². The Hall–Kier alpha value is -0.190. The fourth-order valence-corrected chi connectivity index (χ4v) is 1.50. The molecular weight excluding hydrogens is 173 g/mol. The lowest BCUT2D eigenvalue weighted by Crippen LogP contribution is -2.48. The Bertz CT molecular complexity index is 138. The largest absolute Gasteiger partial charge is 0.378 e. The lowest BCUT2D eigenvalue weighted by molar-refractivity contribution is -0.123. The van der Waals surface area contributed by atoms with Crippen molar-refractivity contribution in [2.24, 2.45) is 5.73 Å². The Kier molecular flexibility index (Phi) is 4.62. The van der Waals surface area contributed by atoms with Gasteiger partial charge in [-0.1, -0.05) is 0 Å². The van der Waals surface area contributed by atoms with Crippen molar-refractivity contribution in [1.82, 2.24) is 0 Å². The molecule has 0 saturated carbocycles. The topological polar surface area (TPSA) is 44.5 Å². The Morgan fingerprint density at radius 2 is 2.38 bits per heavy atom. The molecule has 1 rings (SSSR count). The van der Waals surface area contributed by atoms with Gasteiger partial charge < -0.3 is 15.2 Å². The highest BCUT2D eigenvalue weighted by atomic mass is 19.1. The van der Waals surface area contributed by atoms with Crippen molar-refractivity contribution in [1.29, 1.82) is 0 Å². The zero-order valence-electron chi connectivity index (χ0n) is 7.93. The van der Waals surface area contributed by atoms with Crippen LogP contribution in [-0.2, 0) is 9.47 Å². The van der Waals surface area contributed by atoms with Crippen molar-refractivity contribution >= 4 is 0 Å². The molecule has 0 aromatic heterocycles. The van der Waals surface area contributed by atoms with Gasteiger partial charge in [0, 0.05) is 19.8 Å². The fraction of sp³-hybridized carbons (Fsp3) is 1.00. The van der Waals surface area contributed by atoms with Crippen LogP contribution < -0.4 is 5.73 Å². The normalized spacial score (nSPS) is 29.1. The number of hydrogen-bond donors (Lipinski definition) is 1. The predicted molar refractivity (Wildman–Crippen MR) is 48.4 cm³/mol. The molecule has 4 heteroatoms. The highest BCUT2D eigenvalue weighted by Gasteiger charge is 2.32. The van der Waals surface area contributed by atoms with E-state index in [0.717, 1.165) is 19.4 Å². The smallest absolute Gasteiger partial charge is 0.104 e. The first-order chi connectivity index (χ1) is 6.33. The Morgan fingerprint density at radius 1 is 1.54 bits per heavy atom. The second-order valence-electron chi connectivity index (χ2n) is 3.43. The lowest BCUT2D eigenvalue weighted by atomic mass is 9.96. The van der Waals surface area contributed by atoms with Gasteiger partial charge in [-0.05, 0) is 19.3 Å². The maximum atomic E-state index is 11.8. The highest BCUT2D eigenvalue weighted by molar-refractivity contribution is 4.84. The van der Waals surface area contributed by atoms with E-state index in [1.54, 1.807) is 0 Å². The highest BCUT2D eigenvalue weighted by Crippen LogP contribution is 2.22. The fourth-order valence-electron chi connectivity index (χ4n) is 1.50. The SMILES string of the molecule is NCC1(OCCCF)CCCOC1. The summed E-state index contributed by atoms with van der Waals surface area (Å²) in [5.74, 6) is 0. The van der Waals surface area contributed by atoms with E-state index in [4.69, 9.17) is 15.2 Å². The number of rotatable bonds is 5. The summed E-state index contributed by atoms with van der Waals surface area (Å²) < 4.78 is 22.7. The molecule has 0 amide bonds. The van der Waals surface area contributed by atoms with Crippen molar-refractivity contribution in [3.05, 3.63) is 0 Å². The molecule has 1 unspecified atom stereocenters. The molecule has 1 aliphatic heterocycles. The first kappa shape index (κ1) is 10.9. The van der Waals surface area contributed by atoms with E-state index in [1.165, 1.54) is 0 Å². The minimum atomic E-state index is -0.340. The summed E-state index contributed by atoms with van der Waals surface area (Å²) in [4.78, 5) is 0. The van der Waals surface area contributed by atoms with E-state index in [1.807, 2.05) is 0 Å². The third-order valence-electron chi connectivity index (χ3n) is 2.34. The number of alkyl halides is 1. The lowest BCUT2D eigenvalue weighted by Gasteiger charge is -2.35.